The Balaban J connectivity index is 2.84. The average Bonchev–Trinajstić information content (AvgIpc) is 2.14. The summed E-state index contributed by atoms with van der Waals surface area (Å²) in [5.74, 6) is 0. The molecule has 8 heavy (non-hydrogen) atoms. The van der Waals surface area contributed by atoms with Gasteiger partial charge in [0, 0.05) is 0 Å². The first-order chi connectivity index (χ1) is 3.83. The third-order valence-corrected chi connectivity index (χ3v) is 1.84. The van der Waals surface area contributed by atoms with E-state index in [1.807, 2.05) is 0 Å². The fourth-order valence-corrected chi connectivity index (χ4v) is 1.12. The highest BCUT2D eigenvalue weighted by Gasteiger charge is 1.92. The summed E-state index contributed by atoms with van der Waals surface area (Å²) >= 11 is 1.55. The minimum absolute atomic E-state index is 0.807. The molecule has 2 nitrogen and oxygen atoms in total. The van der Waals surface area contributed by atoms with Gasteiger partial charge in [-0.2, -0.15) is 0 Å². The van der Waals surface area contributed by atoms with Crippen LogP contribution in [-0.4, -0.2) is 4.98 Å². The van der Waals surface area contributed by atoms with Crippen molar-refractivity contribution >= 4 is 16.3 Å². The van der Waals surface area contributed by atoms with E-state index in [0.29, 0.717) is 0 Å². The zero-order valence-corrected chi connectivity index (χ0v) is 5.53. The summed E-state index contributed by atoms with van der Waals surface area (Å²) in [7, 11) is 0. The van der Waals surface area contributed by atoms with Crippen LogP contribution in [0, 0.1) is 0 Å². The van der Waals surface area contributed by atoms with Gasteiger partial charge in [-0.05, 0) is 6.42 Å². The first-order valence-corrected chi connectivity index (χ1v) is 3.34. The average molecular weight is 128 g/mol. The van der Waals surface area contributed by atoms with Gasteiger partial charge >= 0.3 is 0 Å². The molecular weight excluding hydrogens is 120 g/mol. The lowest BCUT2D eigenvalue weighted by Crippen LogP contribution is -1.73. The van der Waals surface area contributed by atoms with Crippen LogP contribution in [0.15, 0.2) is 6.20 Å². The van der Waals surface area contributed by atoms with Gasteiger partial charge in [0.25, 0.3) is 0 Å². The number of hydrogen-bond donors (Lipinski definition) is 1. The van der Waals surface area contributed by atoms with Crippen LogP contribution in [-0.2, 0) is 6.42 Å². The molecule has 2 N–H and O–H groups in total. The Kier molecular flexibility index (Phi) is 1.48. The van der Waals surface area contributed by atoms with Crippen LogP contribution in [0.4, 0.5) is 5.00 Å². The summed E-state index contributed by atoms with van der Waals surface area (Å²) in [5.41, 5.74) is 5.41. The fraction of sp³-hybridized carbons (Fsp3) is 0.400. The number of nitrogens with zero attached hydrogens (tertiary/aromatic N) is 1. The maximum absolute atomic E-state index is 5.41. The van der Waals surface area contributed by atoms with Gasteiger partial charge in [-0.25, -0.2) is 4.98 Å². The van der Waals surface area contributed by atoms with Crippen LogP contribution in [0.5, 0.6) is 0 Å². The second-order valence-corrected chi connectivity index (χ2v) is 2.66. The SMILES string of the molecule is CCc1ncc(N)s1. The van der Waals surface area contributed by atoms with Gasteiger partial charge in [0.2, 0.25) is 0 Å². The molecule has 0 radical (unpaired) electrons. The van der Waals surface area contributed by atoms with E-state index in [1.165, 1.54) is 0 Å². The molecule has 0 amide bonds. The topological polar surface area (TPSA) is 38.9 Å². The highest BCUT2D eigenvalue weighted by atomic mass is 32.1. The number of nitrogens with two attached hydrogens (primary N) is 1. The summed E-state index contributed by atoms with van der Waals surface area (Å²) in [6.45, 7) is 2.07. The minimum atomic E-state index is 0.807. The zero-order valence-electron chi connectivity index (χ0n) is 4.72. The summed E-state index contributed by atoms with van der Waals surface area (Å²) < 4.78 is 0. The largest absolute Gasteiger partial charge is 0.389 e. The molecule has 1 aromatic heterocycles. The van der Waals surface area contributed by atoms with Gasteiger partial charge < -0.3 is 5.73 Å². The second kappa shape index (κ2) is 2.13. The summed E-state index contributed by atoms with van der Waals surface area (Å²) in [6, 6.07) is 0. The molecule has 1 rings (SSSR count). The van der Waals surface area contributed by atoms with E-state index < -0.39 is 0 Å². The van der Waals surface area contributed by atoms with Gasteiger partial charge in [0.15, 0.2) is 0 Å². The van der Waals surface area contributed by atoms with Crippen molar-refractivity contribution in [1.82, 2.24) is 4.98 Å². The van der Waals surface area contributed by atoms with Gasteiger partial charge in [-0.15, -0.1) is 11.3 Å². The molecule has 0 aliphatic carbocycles. The van der Waals surface area contributed by atoms with E-state index in [0.717, 1.165) is 16.4 Å². The molecule has 0 aliphatic heterocycles. The molecule has 0 saturated heterocycles. The molecule has 3 heteroatoms. The van der Waals surface area contributed by atoms with Crippen molar-refractivity contribution in [2.75, 3.05) is 5.73 Å². The Bertz CT molecular complexity index is 171. The number of anilines is 1. The van der Waals surface area contributed by atoms with Crippen molar-refractivity contribution in [2.45, 2.75) is 13.3 Å². The Morgan fingerprint density at radius 2 is 2.62 bits per heavy atom. The van der Waals surface area contributed by atoms with Crippen molar-refractivity contribution < 1.29 is 0 Å². The predicted octanol–water partition coefficient (Wildman–Crippen LogP) is 1.29. The summed E-state index contributed by atoms with van der Waals surface area (Å²) in [5, 5.41) is 1.92. The first kappa shape index (κ1) is 5.56. The summed E-state index contributed by atoms with van der Waals surface area (Å²) in [4.78, 5) is 4.03. The van der Waals surface area contributed by atoms with E-state index in [-0.39, 0.29) is 0 Å². The lowest BCUT2D eigenvalue weighted by molar-refractivity contribution is 1.09. The van der Waals surface area contributed by atoms with Crippen molar-refractivity contribution in [1.29, 1.82) is 0 Å². The molecule has 1 heterocycles. The van der Waals surface area contributed by atoms with E-state index in [4.69, 9.17) is 5.73 Å². The number of hydrogen-bond acceptors (Lipinski definition) is 3. The van der Waals surface area contributed by atoms with Crippen LogP contribution < -0.4 is 5.73 Å². The minimum Gasteiger partial charge on any atom is -0.389 e. The van der Waals surface area contributed by atoms with Crippen molar-refractivity contribution in [3.63, 3.8) is 0 Å². The Morgan fingerprint density at radius 1 is 1.88 bits per heavy atom. The molecule has 1 aromatic rings. The summed E-state index contributed by atoms with van der Waals surface area (Å²) in [6.07, 6.45) is 2.69. The maximum atomic E-state index is 5.41. The molecule has 0 fully saturated rings. The fourth-order valence-electron chi connectivity index (χ4n) is 0.488. The second-order valence-electron chi connectivity index (χ2n) is 1.51. The van der Waals surface area contributed by atoms with E-state index in [1.54, 1.807) is 17.5 Å². The quantitative estimate of drug-likeness (QED) is 0.619. The number of rotatable bonds is 1. The molecule has 44 valence electrons. The van der Waals surface area contributed by atoms with Crippen molar-refractivity contribution in [2.24, 2.45) is 0 Å². The van der Waals surface area contributed by atoms with Crippen LogP contribution in [0.1, 0.15) is 11.9 Å². The van der Waals surface area contributed by atoms with E-state index in [9.17, 15) is 0 Å². The number of aromatic nitrogens is 1. The number of aryl methyl sites for hydroxylation is 1. The van der Waals surface area contributed by atoms with Crippen molar-refractivity contribution in [3.8, 4) is 0 Å². The predicted molar refractivity (Wildman–Crippen MR) is 35.9 cm³/mol. The van der Waals surface area contributed by atoms with E-state index in [2.05, 4.69) is 11.9 Å². The third-order valence-electron chi connectivity index (χ3n) is 0.874. The molecule has 0 spiro atoms. The Hall–Kier alpha value is -0.570. The van der Waals surface area contributed by atoms with E-state index >= 15 is 0 Å². The lowest BCUT2D eigenvalue weighted by atomic mass is 10.5. The standard InChI is InChI=1S/C5H8N2S/c1-2-5-7-3-4(6)8-5/h3H,2,6H2,1H3. The van der Waals surface area contributed by atoms with Crippen molar-refractivity contribution in [3.05, 3.63) is 11.2 Å². The maximum Gasteiger partial charge on any atom is 0.106 e. The molecular formula is C5H8N2S. The molecule has 0 bridgehead atoms. The monoisotopic (exact) mass is 128 g/mol. The highest BCUT2D eigenvalue weighted by molar-refractivity contribution is 7.15. The third kappa shape index (κ3) is 0.980. The van der Waals surface area contributed by atoms with Crippen LogP contribution in [0.25, 0.3) is 0 Å². The van der Waals surface area contributed by atoms with Gasteiger partial charge in [0.1, 0.15) is 5.00 Å². The van der Waals surface area contributed by atoms with Gasteiger partial charge in [0.05, 0.1) is 11.2 Å². The molecule has 0 aromatic carbocycles. The van der Waals surface area contributed by atoms with Crippen LogP contribution in [0.2, 0.25) is 0 Å². The Morgan fingerprint density at radius 3 is 2.88 bits per heavy atom. The molecule has 0 atom stereocenters. The smallest absolute Gasteiger partial charge is 0.106 e. The lowest BCUT2D eigenvalue weighted by Gasteiger charge is -1.78. The number of nitrogen functional groups attached to an aromatic ring is 1. The normalized spacial score (nSPS) is 9.62. The highest BCUT2D eigenvalue weighted by Crippen LogP contribution is 2.13. The zero-order chi connectivity index (χ0) is 5.98. The molecule has 0 aliphatic rings. The van der Waals surface area contributed by atoms with Gasteiger partial charge in [-0.1, -0.05) is 6.92 Å². The molecule has 0 unspecified atom stereocenters. The number of thiazole rings is 1. The van der Waals surface area contributed by atoms with Crippen LogP contribution >= 0.6 is 11.3 Å². The Labute approximate surface area is 52.4 Å². The van der Waals surface area contributed by atoms with Crippen LogP contribution in [0.3, 0.4) is 0 Å². The van der Waals surface area contributed by atoms with Gasteiger partial charge in [-0.3, -0.25) is 0 Å². The first-order valence-electron chi connectivity index (χ1n) is 2.53. The molecule has 0 saturated carbocycles.